The average Bonchev–Trinajstić information content (AvgIpc) is 3.37. The van der Waals surface area contributed by atoms with Crippen LogP contribution in [0.25, 0.3) is 0 Å². The second-order valence-corrected chi connectivity index (χ2v) is 7.74. The summed E-state index contributed by atoms with van der Waals surface area (Å²) in [5.74, 6) is 1.39. The number of nitrogens with one attached hydrogen (secondary N) is 2. The monoisotopic (exact) mass is 382 g/mol. The van der Waals surface area contributed by atoms with Crippen LogP contribution in [0.3, 0.4) is 0 Å². The molecular weight excluding hydrogens is 368 g/mol. The van der Waals surface area contributed by atoms with E-state index < -0.39 is 0 Å². The highest BCUT2D eigenvalue weighted by molar-refractivity contribution is 8.76. The van der Waals surface area contributed by atoms with Gasteiger partial charge in [-0.25, -0.2) is 0 Å². The Bertz CT molecular complexity index is 842. The maximum absolute atomic E-state index is 3.97. The van der Waals surface area contributed by atoms with E-state index in [2.05, 4.69) is 89.8 Å². The first-order chi connectivity index (χ1) is 12.8. The third-order valence-corrected chi connectivity index (χ3v) is 6.00. The van der Waals surface area contributed by atoms with Gasteiger partial charge in [0.2, 0.25) is 0 Å². The summed E-state index contributed by atoms with van der Waals surface area (Å²) in [5, 5.41) is 28.0. The smallest absolute Gasteiger partial charge is 0.177 e. The third-order valence-electron chi connectivity index (χ3n) is 3.58. The number of benzene rings is 2. The van der Waals surface area contributed by atoms with E-state index in [-0.39, 0.29) is 0 Å². The SMILES string of the molecule is c1cc(SSc2ccc(Cc3nn[nH]n3)cc2)ccc1Cc1nn[nH]n1. The molecule has 0 fully saturated rings. The first-order valence-electron chi connectivity index (χ1n) is 7.82. The number of hydrogen-bond donors (Lipinski definition) is 2. The predicted molar refractivity (Wildman–Crippen MR) is 98.6 cm³/mol. The van der Waals surface area contributed by atoms with Gasteiger partial charge in [-0.3, -0.25) is 0 Å². The van der Waals surface area contributed by atoms with Crippen molar-refractivity contribution in [1.82, 2.24) is 41.2 Å². The lowest BCUT2D eigenvalue weighted by molar-refractivity contribution is 0.881. The van der Waals surface area contributed by atoms with Gasteiger partial charge in [0, 0.05) is 22.6 Å². The minimum absolute atomic E-state index is 0.677. The van der Waals surface area contributed by atoms with Gasteiger partial charge in [0.25, 0.3) is 0 Å². The lowest BCUT2D eigenvalue weighted by atomic mass is 10.1. The van der Waals surface area contributed by atoms with E-state index in [1.807, 2.05) is 0 Å². The number of aromatic nitrogens is 8. The molecule has 0 unspecified atom stereocenters. The zero-order valence-electron chi connectivity index (χ0n) is 13.5. The number of aromatic amines is 2. The largest absolute Gasteiger partial charge is 0.178 e. The van der Waals surface area contributed by atoms with Crippen molar-refractivity contribution >= 4 is 21.6 Å². The minimum atomic E-state index is 0.677. The standard InChI is InChI=1S/C16H14N8S2/c1-5-13(6-2-11(1)9-15-17-21-22-18-15)25-26-14-7-3-12(4-8-14)10-16-19-23-24-20-16/h1-8H,9-10H2,(H,17,18,21,22)(H,19,20,23,24). The second-order valence-electron chi connectivity index (χ2n) is 5.46. The molecule has 4 rings (SSSR count). The molecule has 130 valence electrons. The summed E-state index contributed by atoms with van der Waals surface area (Å²) < 4.78 is 0. The van der Waals surface area contributed by atoms with Gasteiger partial charge in [-0.1, -0.05) is 56.3 Å². The Hall–Kier alpha value is -2.72. The summed E-state index contributed by atoms with van der Waals surface area (Å²) in [7, 11) is 3.46. The maximum atomic E-state index is 3.97. The van der Waals surface area contributed by atoms with Crippen LogP contribution in [0.2, 0.25) is 0 Å². The van der Waals surface area contributed by atoms with Crippen LogP contribution in [0.15, 0.2) is 58.3 Å². The molecule has 26 heavy (non-hydrogen) atoms. The molecule has 0 bridgehead atoms. The van der Waals surface area contributed by atoms with E-state index in [4.69, 9.17) is 0 Å². The van der Waals surface area contributed by atoms with Gasteiger partial charge in [-0.2, -0.15) is 10.4 Å². The Kier molecular flexibility index (Phi) is 5.22. The molecule has 0 spiro atoms. The molecule has 0 atom stereocenters. The predicted octanol–water partition coefficient (Wildman–Crippen LogP) is 2.69. The molecule has 2 N–H and O–H groups in total. The quantitative estimate of drug-likeness (QED) is 0.470. The third kappa shape index (κ3) is 4.46. The van der Waals surface area contributed by atoms with E-state index in [0.717, 1.165) is 11.1 Å². The van der Waals surface area contributed by atoms with Crippen molar-refractivity contribution in [2.24, 2.45) is 0 Å². The molecule has 0 saturated heterocycles. The fourth-order valence-corrected chi connectivity index (χ4v) is 4.23. The molecule has 0 saturated carbocycles. The molecule has 0 aliphatic carbocycles. The summed E-state index contributed by atoms with van der Waals surface area (Å²) in [6.45, 7) is 0. The van der Waals surface area contributed by atoms with Crippen molar-refractivity contribution < 1.29 is 0 Å². The zero-order valence-corrected chi connectivity index (χ0v) is 15.2. The van der Waals surface area contributed by atoms with Crippen LogP contribution in [0, 0.1) is 0 Å². The van der Waals surface area contributed by atoms with E-state index in [9.17, 15) is 0 Å². The van der Waals surface area contributed by atoms with Crippen molar-refractivity contribution in [2.45, 2.75) is 22.6 Å². The van der Waals surface area contributed by atoms with E-state index in [1.165, 1.54) is 9.79 Å². The number of H-pyrrole nitrogens is 2. The van der Waals surface area contributed by atoms with Crippen LogP contribution in [-0.2, 0) is 12.8 Å². The van der Waals surface area contributed by atoms with Gasteiger partial charge in [-0.05, 0) is 35.4 Å². The molecular formula is C16H14N8S2. The maximum Gasteiger partial charge on any atom is 0.178 e. The molecule has 2 aromatic carbocycles. The Morgan fingerprint density at radius 1 is 0.615 bits per heavy atom. The van der Waals surface area contributed by atoms with Gasteiger partial charge in [0.05, 0.1) is 0 Å². The molecule has 0 amide bonds. The van der Waals surface area contributed by atoms with E-state index >= 15 is 0 Å². The average molecular weight is 382 g/mol. The molecule has 0 radical (unpaired) electrons. The minimum Gasteiger partial charge on any atom is -0.177 e. The van der Waals surface area contributed by atoms with Crippen molar-refractivity contribution in [3.63, 3.8) is 0 Å². The second kappa shape index (κ2) is 8.11. The van der Waals surface area contributed by atoms with Gasteiger partial charge in [-0.15, -0.1) is 20.4 Å². The first-order valence-corrected chi connectivity index (χ1v) is 9.97. The highest BCUT2D eigenvalue weighted by atomic mass is 33.1. The topological polar surface area (TPSA) is 109 Å². The van der Waals surface area contributed by atoms with Gasteiger partial charge < -0.3 is 0 Å². The summed E-state index contributed by atoms with van der Waals surface area (Å²) in [5.41, 5.74) is 2.32. The molecule has 4 aromatic rings. The summed E-state index contributed by atoms with van der Waals surface area (Å²) in [4.78, 5) is 2.39. The van der Waals surface area contributed by atoms with E-state index in [0.29, 0.717) is 24.5 Å². The highest BCUT2D eigenvalue weighted by Gasteiger charge is 2.04. The Balaban J connectivity index is 1.30. The van der Waals surface area contributed by atoms with Crippen molar-refractivity contribution in [2.75, 3.05) is 0 Å². The normalized spacial score (nSPS) is 10.9. The first kappa shape index (κ1) is 16.7. The molecule has 2 heterocycles. The van der Waals surface area contributed by atoms with Gasteiger partial charge >= 0.3 is 0 Å². The lowest BCUT2D eigenvalue weighted by Gasteiger charge is -2.04. The van der Waals surface area contributed by atoms with Crippen LogP contribution >= 0.6 is 21.6 Å². The van der Waals surface area contributed by atoms with Crippen LogP contribution in [-0.4, -0.2) is 41.2 Å². The summed E-state index contributed by atoms with van der Waals surface area (Å²) in [6.07, 6.45) is 1.35. The number of tetrazole rings is 2. The molecule has 0 aliphatic rings. The molecule has 0 aliphatic heterocycles. The summed E-state index contributed by atoms with van der Waals surface area (Å²) >= 11 is 0. The Labute approximate surface area is 157 Å². The molecule has 2 aromatic heterocycles. The molecule has 10 heteroatoms. The van der Waals surface area contributed by atoms with Crippen molar-refractivity contribution in [3.8, 4) is 0 Å². The van der Waals surface area contributed by atoms with Gasteiger partial charge in [0.1, 0.15) is 0 Å². The van der Waals surface area contributed by atoms with Crippen LogP contribution in [0.5, 0.6) is 0 Å². The van der Waals surface area contributed by atoms with E-state index in [1.54, 1.807) is 21.6 Å². The van der Waals surface area contributed by atoms with Crippen molar-refractivity contribution in [1.29, 1.82) is 0 Å². The summed E-state index contributed by atoms with van der Waals surface area (Å²) in [6, 6.07) is 16.8. The highest BCUT2D eigenvalue weighted by Crippen LogP contribution is 2.37. The lowest BCUT2D eigenvalue weighted by Crippen LogP contribution is -1.91. The van der Waals surface area contributed by atoms with Crippen molar-refractivity contribution in [3.05, 3.63) is 71.3 Å². The van der Waals surface area contributed by atoms with Crippen LogP contribution < -0.4 is 0 Å². The molecule has 8 nitrogen and oxygen atoms in total. The Morgan fingerprint density at radius 2 is 1.04 bits per heavy atom. The number of rotatable bonds is 7. The van der Waals surface area contributed by atoms with Crippen LogP contribution in [0.1, 0.15) is 22.8 Å². The number of hydrogen-bond acceptors (Lipinski definition) is 8. The zero-order chi connectivity index (χ0) is 17.6. The number of nitrogens with zero attached hydrogens (tertiary/aromatic N) is 6. The Morgan fingerprint density at radius 3 is 1.38 bits per heavy atom. The van der Waals surface area contributed by atoms with Crippen LogP contribution in [0.4, 0.5) is 0 Å². The fourth-order valence-electron chi connectivity index (χ4n) is 2.30. The fraction of sp³-hybridized carbons (Fsp3) is 0.125. The van der Waals surface area contributed by atoms with Gasteiger partial charge in [0.15, 0.2) is 11.6 Å².